The molecular formula is C12H21NOSi. The van der Waals surface area contributed by atoms with Crippen LogP contribution < -0.4 is 5.19 Å². The summed E-state index contributed by atoms with van der Waals surface area (Å²) < 4.78 is 5.75. The summed E-state index contributed by atoms with van der Waals surface area (Å²) in [6.07, 6.45) is 0. The van der Waals surface area contributed by atoms with Crippen molar-refractivity contribution >= 4 is 14.9 Å². The zero-order chi connectivity index (χ0) is 10.9. The Hall–Kier alpha value is -0.643. The molecule has 0 fully saturated rings. The van der Waals surface area contributed by atoms with E-state index in [1.54, 1.807) is 0 Å². The van der Waals surface area contributed by atoms with Crippen molar-refractivity contribution in [1.82, 2.24) is 4.90 Å². The van der Waals surface area contributed by atoms with E-state index in [2.05, 4.69) is 43.0 Å². The standard InChI is InChI=1S/C12H21NOSi/c1-3-13(4-2)10-11-14-15-12-8-6-5-7-9-12/h5-9H,3-4,10-11,15H2,1-2H3. The third-order valence-corrected chi connectivity index (χ3v) is 3.86. The second-order valence-electron chi connectivity index (χ2n) is 3.57. The van der Waals surface area contributed by atoms with Crippen LogP contribution in [0.1, 0.15) is 13.8 Å². The number of likely N-dealkylation sites (N-methyl/N-ethyl adjacent to an activating group) is 1. The minimum atomic E-state index is -0.496. The van der Waals surface area contributed by atoms with Gasteiger partial charge in [-0.3, -0.25) is 0 Å². The van der Waals surface area contributed by atoms with Gasteiger partial charge >= 0.3 is 0 Å². The molecule has 0 aromatic heterocycles. The molecule has 1 aromatic carbocycles. The third kappa shape index (κ3) is 5.11. The Bertz CT molecular complexity index is 249. The Kier molecular flexibility index (Phi) is 6.32. The maximum atomic E-state index is 5.75. The monoisotopic (exact) mass is 223 g/mol. The first-order chi connectivity index (χ1) is 7.36. The SMILES string of the molecule is CCN(CC)CCO[SiH2]c1ccccc1. The number of rotatable bonds is 7. The van der Waals surface area contributed by atoms with Gasteiger partial charge in [-0.25, -0.2) is 0 Å². The van der Waals surface area contributed by atoms with Crippen LogP contribution >= 0.6 is 0 Å². The highest BCUT2D eigenvalue weighted by molar-refractivity contribution is 6.46. The molecule has 15 heavy (non-hydrogen) atoms. The Morgan fingerprint density at radius 3 is 2.40 bits per heavy atom. The molecule has 0 aliphatic heterocycles. The van der Waals surface area contributed by atoms with Crippen LogP contribution in [0.25, 0.3) is 0 Å². The van der Waals surface area contributed by atoms with Crippen molar-refractivity contribution in [1.29, 1.82) is 0 Å². The van der Waals surface area contributed by atoms with E-state index in [9.17, 15) is 0 Å². The molecule has 0 atom stereocenters. The Balaban J connectivity index is 2.12. The van der Waals surface area contributed by atoms with Crippen LogP contribution in [0.15, 0.2) is 30.3 Å². The summed E-state index contributed by atoms with van der Waals surface area (Å²) in [5, 5.41) is 1.39. The summed E-state index contributed by atoms with van der Waals surface area (Å²) in [6, 6.07) is 10.5. The molecule has 0 saturated carbocycles. The molecule has 84 valence electrons. The zero-order valence-corrected chi connectivity index (χ0v) is 11.2. The van der Waals surface area contributed by atoms with E-state index < -0.39 is 9.76 Å². The lowest BCUT2D eigenvalue weighted by molar-refractivity contribution is 0.231. The van der Waals surface area contributed by atoms with Crippen LogP contribution in [-0.2, 0) is 4.43 Å². The molecule has 2 nitrogen and oxygen atoms in total. The summed E-state index contributed by atoms with van der Waals surface area (Å²) >= 11 is 0. The number of hydrogen-bond acceptors (Lipinski definition) is 2. The van der Waals surface area contributed by atoms with Gasteiger partial charge in [0.1, 0.15) is 0 Å². The number of nitrogens with zero attached hydrogens (tertiary/aromatic N) is 1. The Labute approximate surface area is 95.2 Å². The molecule has 3 heteroatoms. The predicted molar refractivity (Wildman–Crippen MR) is 68.4 cm³/mol. The highest BCUT2D eigenvalue weighted by Gasteiger charge is 1.98. The van der Waals surface area contributed by atoms with Gasteiger partial charge in [0.05, 0.1) is 0 Å². The normalized spacial score (nSPS) is 11.7. The molecule has 0 heterocycles. The first kappa shape index (κ1) is 12.4. The van der Waals surface area contributed by atoms with Crippen LogP contribution in [0.3, 0.4) is 0 Å². The lowest BCUT2D eigenvalue weighted by Gasteiger charge is -2.17. The van der Waals surface area contributed by atoms with Crippen LogP contribution in [0.5, 0.6) is 0 Å². The molecule has 0 amide bonds. The van der Waals surface area contributed by atoms with Gasteiger partial charge in [-0.15, -0.1) is 0 Å². The second-order valence-corrected chi connectivity index (χ2v) is 5.08. The summed E-state index contributed by atoms with van der Waals surface area (Å²) in [7, 11) is -0.496. The van der Waals surface area contributed by atoms with Crippen molar-refractivity contribution in [3.63, 3.8) is 0 Å². The van der Waals surface area contributed by atoms with Crippen LogP contribution in [-0.4, -0.2) is 40.9 Å². The average Bonchev–Trinajstić information content (AvgIpc) is 2.31. The Morgan fingerprint density at radius 2 is 1.80 bits per heavy atom. The minimum Gasteiger partial charge on any atom is -0.417 e. The quantitative estimate of drug-likeness (QED) is 0.500. The summed E-state index contributed by atoms with van der Waals surface area (Å²) in [5.41, 5.74) is 0. The van der Waals surface area contributed by atoms with Gasteiger partial charge in [-0.05, 0) is 18.3 Å². The first-order valence-electron chi connectivity index (χ1n) is 5.70. The van der Waals surface area contributed by atoms with Crippen LogP contribution in [0.4, 0.5) is 0 Å². The van der Waals surface area contributed by atoms with Crippen molar-refractivity contribution in [3.05, 3.63) is 30.3 Å². The van der Waals surface area contributed by atoms with Crippen molar-refractivity contribution < 1.29 is 4.43 Å². The largest absolute Gasteiger partial charge is 0.417 e. The van der Waals surface area contributed by atoms with Gasteiger partial charge in [-0.1, -0.05) is 44.2 Å². The third-order valence-electron chi connectivity index (χ3n) is 2.56. The lowest BCUT2D eigenvalue weighted by atomic mass is 10.4. The molecule has 0 saturated heterocycles. The summed E-state index contributed by atoms with van der Waals surface area (Å²) in [6.45, 7) is 8.56. The molecule has 1 rings (SSSR count). The molecule has 0 spiro atoms. The molecule has 0 aliphatic rings. The van der Waals surface area contributed by atoms with Gasteiger partial charge in [0.25, 0.3) is 0 Å². The van der Waals surface area contributed by atoms with Crippen molar-refractivity contribution in [3.8, 4) is 0 Å². The summed E-state index contributed by atoms with van der Waals surface area (Å²) in [5.74, 6) is 0. The maximum absolute atomic E-state index is 5.75. The number of benzene rings is 1. The lowest BCUT2D eigenvalue weighted by Crippen LogP contribution is -2.29. The van der Waals surface area contributed by atoms with E-state index in [4.69, 9.17) is 4.43 Å². The smallest absolute Gasteiger partial charge is 0.192 e. The van der Waals surface area contributed by atoms with Crippen molar-refractivity contribution in [2.75, 3.05) is 26.2 Å². The summed E-state index contributed by atoms with van der Waals surface area (Å²) in [4.78, 5) is 2.39. The van der Waals surface area contributed by atoms with E-state index in [0.29, 0.717) is 0 Å². The highest BCUT2D eigenvalue weighted by Crippen LogP contribution is 1.87. The van der Waals surface area contributed by atoms with Crippen LogP contribution in [0.2, 0.25) is 0 Å². The molecular weight excluding hydrogens is 202 g/mol. The number of hydrogen-bond donors (Lipinski definition) is 0. The van der Waals surface area contributed by atoms with E-state index in [0.717, 1.165) is 26.2 Å². The molecule has 0 radical (unpaired) electrons. The first-order valence-corrected chi connectivity index (χ1v) is 6.99. The van der Waals surface area contributed by atoms with Gasteiger partial charge in [0, 0.05) is 13.2 Å². The topological polar surface area (TPSA) is 12.5 Å². The molecule has 0 aliphatic carbocycles. The van der Waals surface area contributed by atoms with Gasteiger partial charge in [0.15, 0.2) is 9.76 Å². The van der Waals surface area contributed by atoms with E-state index in [1.807, 2.05) is 6.07 Å². The van der Waals surface area contributed by atoms with E-state index in [-0.39, 0.29) is 0 Å². The van der Waals surface area contributed by atoms with Gasteiger partial charge in [0.2, 0.25) is 0 Å². The van der Waals surface area contributed by atoms with Crippen LogP contribution in [0, 0.1) is 0 Å². The fourth-order valence-electron chi connectivity index (χ4n) is 1.50. The highest BCUT2D eigenvalue weighted by atomic mass is 28.2. The average molecular weight is 223 g/mol. The molecule has 0 bridgehead atoms. The van der Waals surface area contributed by atoms with Gasteiger partial charge in [-0.2, -0.15) is 0 Å². The fourth-order valence-corrected chi connectivity index (χ4v) is 2.47. The zero-order valence-electron chi connectivity index (χ0n) is 9.78. The van der Waals surface area contributed by atoms with Gasteiger partial charge < -0.3 is 9.33 Å². The maximum Gasteiger partial charge on any atom is 0.192 e. The predicted octanol–water partition coefficient (Wildman–Crippen LogP) is 0.754. The Morgan fingerprint density at radius 1 is 1.13 bits per heavy atom. The molecule has 0 unspecified atom stereocenters. The second kappa shape index (κ2) is 7.62. The van der Waals surface area contributed by atoms with E-state index in [1.165, 1.54) is 5.19 Å². The minimum absolute atomic E-state index is 0.496. The fraction of sp³-hybridized carbons (Fsp3) is 0.500. The molecule has 1 aromatic rings. The molecule has 0 N–H and O–H groups in total. The van der Waals surface area contributed by atoms with E-state index >= 15 is 0 Å². The van der Waals surface area contributed by atoms with Crippen molar-refractivity contribution in [2.24, 2.45) is 0 Å². The van der Waals surface area contributed by atoms with Crippen molar-refractivity contribution in [2.45, 2.75) is 13.8 Å².